The molecule has 2 fully saturated rings. The number of piperazine rings is 2. The van der Waals surface area contributed by atoms with Crippen molar-refractivity contribution < 1.29 is 14.3 Å². The topological polar surface area (TPSA) is 65.1 Å². The fourth-order valence-electron chi connectivity index (χ4n) is 2.76. The van der Waals surface area contributed by atoms with E-state index in [1.165, 1.54) is 7.11 Å². The Kier molecular flexibility index (Phi) is 6.41. The summed E-state index contributed by atoms with van der Waals surface area (Å²) in [5, 5.41) is 3.25. The molecule has 0 aromatic rings. The van der Waals surface area contributed by atoms with Crippen LogP contribution in [0.3, 0.4) is 0 Å². The summed E-state index contributed by atoms with van der Waals surface area (Å²) < 4.78 is 4.87. The Balaban J connectivity index is 1.64. The number of rotatable bonds is 5. The van der Waals surface area contributed by atoms with Crippen LogP contribution in [-0.2, 0) is 14.3 Å². The monoisotopic (exact) mass is 298 g/mol. The molecule has 2 saturated heterocycles. The second-order valence-corrected chi connectivity index (χ2v) is 5.54. The zero-order valence-corrected chi connectivity index (χ0v) is 12.8. The van der Waals surface area contributed by atoms with Gasteiger partial charge in [-0.1, -0.05) is 0 Å². The van der Waals surface area contributed by atoms with E-state index in [1.54, 1.807) is 0 Å². The molecule has 7 nitrogen and oxygen atoms in total. The molecule has 0 spiro atoms. The molecule has 120 valence electrons. The maximum absolute atomic E-state index is 12.1. The fraction of sp³-hybridized carbons (Fsp3) is 0.857. The van der Waals surface area contributed by atoms with Crippen LogP contribution in [-0.4, -0.2) is 99.1 Å². The maximum atomic E-state index is 12.1. The van der Waals surface area contributed by atoms with Gasteiger partial charge in [0.15, 0.2) is 0 Å². The predicted octanol–water partition coefficient (Wildman–Crippen LogP) is -1.40. The lowest BCUT2D eigenvalue weighted by atomic mass is 10.2. The molecule has 0 saturated carbocycles. The lowest BCUT2D eigenvalue weighted by Gasteiger charge is -2.35. The first kappa shape index (κ1) is 16.2. The Morgan fingerprint density at radius 3 is 2.19 bits per heavy atom. The molecule has 0 bridgehead atoms. The summed E-state index contributed by atoms with van der Waals surface area (Å²) in [6.45, 7) is 7.49. The van der Waals surface area contributed by atoms with Crippen LogP contribution in [0.4, 0.5) is 0 Å². The number of amides is 2. The van der Waals surface area contributed by atoms with Crippen LogP contribution in [0.1, 0.15) is 6.42 Å². The van der Waals surface area contributed by atoms with E-state index in [-0.39, 0.29) is 18.4 Å². The molecule has 0 aromatic heterocycles. The van der Waals surface area contributed by atoms with Gasteiger partial charge in [0, 0.05) is 72.4 Å². The van der Waals surface area contributed by atoms with Gasteiger partial charge in [0.25, 0.3) is 0 Å². The van der Waals surface area contributed by atoms with Crippen molar-refractivity contribution in [1.82, 2.24) is 20.0 Å². The third-order valence-corrected chi connectivity index (χ3v) is 4.10. The largest absolute Gasteiger partial charge is 0.375 e. The van der Waals surface area contributed by atoms with Gasteiger partial charge in [0.2, 0.25) is 11.8 Å². The molecule has 0 unspecified atom stereocenters. The van der Waals surface area contributed by atoms with Crippen LogP contribution in [0.15, 0.2) is 0 Å². The molecule has 2 rings (SSSR count). The normalized spacial score (nSPS) is 20.6. The van der Waals surface area contributed by atoms with Crippen molar-refractivity contribution in [3.8, 4) is 0 Å². The van der Waals surface area contributed by atoms with Crippen molar-refractivity contribution in [3.05, 3.63) is 0 Å². The minimum Gasteiger partial charge on any atom is -0.375 e. The molecule has 0 aliphatic carbocycles. The van der Waals surface area contributed by atoms with Crippen LogP contribution >= 0.6 is 0 Å². The van der Waals surface area contributed by atoms with E-state index in [4.69, 9.17) is 4.74 Å². The summed E-state index contributed by atoms with van der Waals surface area (Å²) in [4.78, 5) is 29.8. The highest BCUT2D eigenvalue weighted by Gasteiger charge is 2.22. The molecule has 2 heterocycles. The van der Waals surface area contributed by atoms with Crippen molar-refractivity contribution in [2.45, 2.75) is 6.42 Å². The Morgan fingerprint density at radius 2 is 1.57 bits per heavy atom. The number of nitrogens with zero attached hydrogens (tertiary/aromatic N) is 3. The van der Waals surface area contributed by atoms with E-state index in [9.17, 15) is 9.59 Å². The summed E-state index contributed by atoms with van der Waals surface area (Å²) in [7, 11) is 1.54. The van der Waals surface area contributed by atoms with Crippen LogP contribution < -0.4 is 5.32 Å². The highest BCUT2D eigenvalue weighted by atomic mass is 16.5. The average Bonchev–Trinajstić information content (AvgIpc) is 2.54. The van der Waals surface area contributed by atoms with Gasteiger partial charge in [0.05, 0.1) is 0 Å². The van der Waals surface area contributed by atoms with E-state index < -0.39 is 0 Å². The summed E-state index contributed by atoms with van der Waals surface area (Å²) >= 11 is 0. The first-order valence-electron chi connectivity index (χ1n) is 7.68. The summed E-state index contributed by atoms with van der Waals surface area (Å²) in [6.07, 6.45) is 0.575. The molecule has 0 radical (unpaired) electrons. The van der Waals surface area contributed by atoms with Gasteiger partial charge in [-0.2, -0.15) is 0 Å². The van der Waals surface area contributed by atoms with Crippen LogP contribution in [0.25, 0.3) is 0 Å². The molecule has 2 aliphatic heterocycles. The minimum atomic E-state index is 0.0500. The maximum Gasteiger partial charge on any atom is 0.248 e. The Morgan fingerprint density at radius 1 is 0.952 bits per heavy atom. The molecular weight excluding hydrogens is 272 g/mol. The SMILES string of the molecule is COCC(=O)N1CCN(CCC(=O)N2CCNCC2)CC1. The average molecular weight is 298 g/mol. The molecule has 21 heavy (non-hydrogen) atoms. The van der Waals surface area contributed by atoms with E-state index in [2.05, 4.69) is 10.2 Å². The number of hydrogen-bond acceptors (Lipinski definition) is 5. The van der Waals surface area contributed by atoms with Gasteiger partial charge in [-0.05, 0) is 0 Å². The number of hydrogen-bond donors (Lipinski definition) is 1. The number of ether oxygens (including phenoxy) is 1. The lowest BCUT2D eigenvalue weighted by molar-refractivity contribution is -0.137. The zero-order chi connectivity index (χ0) is 15.1. The smallest absolute Gasteiger partial charge is 0.248 e. The highest BCUT2D eigenvalue weighted by molar-refractivity contribution is 5.77. The number of nitrogens with one attached hydrogen (secondary N) is 1. The number of carbonyl (C=O) groups is 2. The van der Waals surface area contributed by atoms with Gasteiger partial charge >= 0.3 is 0 Å². The highest BCUT2D eigenvalue weighted by Crippen LogP contribution is 2.05. The molecule has 0 atom stereocenters. The Hall–Kier alpha value is -1.18. The van der Waals surface area contributed by atoms with Crippen molar-refractivity contribution in [2.24, 2.45) is 0 Å². The molecule has 7 heteroatoms. The summed E-state index contributed by atoms with van der Waals surface area (Å²) in [5.41, 5.74) is 0. The summed E-state index contributed by atoms with van der Waals surface area (Å²) in [5.74, 6) is 0.295. The second kappa shape index (κ2) is 8.31. The first-order valence-corrected chi connectivity index (χ1v) is 7.68. The van der Waals surface area contributed by atoms with E-state index >= 15 is 0 Å². The van der Waals surface area contributed by atoms with Gasteiger partial charge in [-0.25, -0.2) is 0 Å². The number of carbonyl (C=O) groups excluding carboxylic acids is 2. The van der Waals surface area contributed by atoms with Crippen molar-refractivity contribution in [3.63, 3.8) is 0 Å². The van der Waals surface area contributed by atoms with Crippen LogP contribution in [0.5, 0.6) is 0 Å². The Labute approximate surface area is 126 Å². The second-order valence-electron chi connectivity index (χ2n) is 5.54. The van der Waals surface area contributed by atoms with E-state index in [1.807, 2.05) is 9.80 Å². The van der Waals surface area contributed by atoms with Crippen molar-refractivity contribution in [2.75, 3.05) is 72.6 Å². The molecule has 0 aromatic carbocycles. The van der Waals surface area contributed by atoms with E-state index in [0.29, 0.717) is 6.42 Å². The van der Waals surface area contributed by atoms with Crippen LogP contribution in [0.2, 0.25) is 0 Å². The van der Waals surface area contributed by atoms with E-state index in [0.717, 1.165) is 58.9 Å². The van der Waals surface area contributed by atoms with Gasteiger partial charge in [0.1, 0.15) is 6.61 Å². The van der Waals surface area contributed by atoms with Gasteiger partial charge < -0.3 is 19.9 Å². The molecule has 2 amide bonds. The predicted molar refractivity (Wildman–Crippen MR) is 79.0 cm³/mol. The summed E-state index contributed by atoms with van der Waals surface area (Å²) in [6, 6.07) is 0. The molecule has 1 N–H and O–H groups in total. The standard InChI is InChI=1S/C14H26N4O3/c1-21-12-14(20)18-10-8-16(9-11-18)5-2-13(19)17-6-3-15-4-7-17/h15H,2-12H2,1H3. The molecule has 2 aliphatic rings. The minimum absolute atomic E-state index is 0.0500. The lowest BCUT2D eigenvalue weighted by Crippen LogP contribution is -2.51. The quantitative estimate of drug-likeness (QED) is 0.676. The Bertz CT molecular complexity index is 350. The first-order chi connectivity index (χ1) is 10.2. The number of methoxy groups -OCH3 is 1. The molecular formula is C14H26N4O3. The van der Waals surface area contributed by atoms with Crippen molar-refractivity contribution >= 4 is 11.8 Å². The van der Waals surface area contributed by atoms with Gasteiger partial charge in [-0.3, -0.25) is 14.5 Å². The zero-order valence-electron chi connectivity index (χ0n) is 12.8. The van der Waals surface area contributed by atoms with Crippen LogP contribution in [0, 0.1) is 0 Å². The third kappa shape index (κ3) is 4.94. The fourth-order valence-corrected chi connectivity index (χ4v) is 2.76. The van der Waals surface area contributed by atoms with Crippen molar-refractivity contribution in [1.29, 1.82) is 0 Å². The third-order valence-electron chi connectivity index (χ3n) is 4.10. The van der Waals surface area contributed by atoms with Gasteiger partial charge in [-0.15, -0.1) is 0 Å².